The van der Waals surface area contributed by atoms with Gasteiger partial charge in [0.05, 0.1) is 23.0 Å². The van der Waals surface area contributed by atoms with Crippen LogP contribution in [0.1, 0.15) is 65.9 Å². The van der Waals surface area contributed by atoms with Crippen LogP contribution in [-0.2, 0) is 4.79 Å². The molecule has 0 spiro atoms. The summed E-state index contributed by atoms with van der Waals surface area (Å²) in [7, 11) is 0. The van der Waals surface area contributed by atoms with Crippen molar-refractivity contribution in [1.82, 2.24) is 0 Å². The number of ketones is 3. The van der Waals surface area contributed by atoms with E-state index in [0.29, 0.717) is 46.7 Å². The number of fused-ring (bicyclic) bond motifs is 3. The van der Waals surface area contributed by atoms with Gasteiger partial charge in [-0.3, -0.25) is 14.4 Å². The van der Waals surface area contributed by atoms with Crippen molar-refractivity contribution in [1.29, 1.82) is 0 Å². The summed E-state index contributed by atoms with van der Waals surface area (Å²) in [4.78, 5) is 43.4. The minimum absolute atomic E-state index is 0.0318. The molecule has 7 rings (SSSR count). The van der Waals surface area contributed by atoms with Crippen LogP contribution in [0, 0.1) is 5.41 Å². The molecule has 40 heavy (non-hydrogen) atoms. The Bertz CT molecular complexity index is 1680. The van der Waals surface area contributed by atoms with E-state index < -0.39 is 6.04 Å². The molecule has 0 amide bonds. The summed E-state index contributed by atoms with van der Waals surface area (Å²) in [5, 5.41) is 3.58. The number of allylic oxidation sites excluding steroid dienone is 3. The molecule has 0 radical (unpaired) electrons. The summed E-state index contributed by atoms with van der Waals surface area (Å²) in [5.41, 5.74) is 5.05. The van der Waals surface area contributed by atoms with Gasteiger partial charge in [-0.05, 0) is 48.6 Å². The van der Waals surface area contributed by atoms with Crippen LogP contribution in [0.4, 0.5) is 11.4 Å². The topological polar surface area (TPSA) is 84.9 Å². The predicted octanol–water partition coefficient (Wildman–Crippen LogP) is 6.38. The molecule has 0 fully saturated rings. The van der Waals surface area contributed by atoms with Gasteiger partial charge in [0.15, 0.2) is 28.8 Å². The number of nitrogens with zero attached hydrogens (tertiary/aromatic N) is 1. The molecular weight excluding hydrogens is 504 g/mol. The Morgan fingerprint density at radius 3 is 2.30 bits per heavy atom. The highest BCUT2D eigenvalue weighted by Crippen LogP contribution is 2.51. The first-order valence-electron chi connectivity index (χ1n) is 13.4. The van der Waals surface area contributed by atoms with Gasteiger partial charge in [-0.1, -0.05) is 56.3 Å². The second-order valence-corrected chi connectivity index (χ2v) is 11.5. The molecule has 4 aliphatic rings. The fourth-order valence-electron chi connectivity index (χ4n) is 6.46. The fraction of sp³-hybridized carbons (Fsp3) is 0.242. The third-order valence-electron chi connectivity index (χ3n) is 8.21. The standard InChI is InChI=1S/C33H28N2O5/c1-18(28-31(37)20-8-4-5-9-21(20)32(28)38)35-24-11-7-6-10-22(24)34-23-15-33(2,3)16-25(36)29(23)30(35)19-12-13-26-27(14-19)40-17-39-26/h4-14,30,34H,15-17H2,1-3H3/t30-/m0/s1. The van der Waals surface area contributed by atoms with E-state index >= 15 is 0 Å². The Morgan fingerprint density at radius 2 is 1.55 bits per heavy atom. The average molecular weight is 533 g/mol. The van der Waals surface area contributed by atoms with Crippen LogP contribution in [0.15, 0.2) is 89.3 Å². The molecule has 0 aromatic heterocycles. The maximum Gasteiger partial charge on any atom is 0.231 e. The monoisotopic (exact) mass is 532 g/mol. The molecule has 2 aliphatic heterocycles. The van der Waals surface area contributed by atoms with E-state index in [9.17, 15) is 14.4 Å². The van der Waals surface area contributed by atoms with E-state index in [4.69, 9.17) is 9.47 Å². The molecule has 200 valence electrons. The SMILES string of the molecule is CC(=C1C(=O)c2ccccc2C1=O)N1c2ccccc2NC2=C(C(=O)CC(C)(C)C2)[C@@H]1c1ccc2c(c1)OCO2. The van der Waals surface area contributed by atoms with Gasteiger partial charge in [-0.25, -0.2) is 0 Å². The fourth-order valence-corrected chi connectivity index (χ4v) is 6.46. The number of ether oxygens (including phenoxy) is 2. The lowest BCUT2D eigenvalue weighted by atomic mass is 9.73. The van der Waals surface area contributed by atoms with Crippen LogP contribution in [0.3, 0.4) is 0 Å². The number of carbonyl (C=O) groups excluding carboxylic acids is 3. The molecule has 1 N–H and O–H groups in total. The van der Waals surface area contributed by atoms with E-state index in [1.165, 1.54) is 0 Å². The lowest BCUT2D eigenvalue weighted by molar-refractivity contribution is -0.118. The smallest absolute Gasteiger partial charge is 0.231 e. The van der Waals surface area contributed by atoms with Crippen LogP contribution >= 0.6 is 0 Å². The summed E-state index contributed by atoms with van der Waals surface area (Å²) in [6.45, 7) is 6.13. The molecule has 0 unspecified atom stereocenters. The molecule has 7 heteroatoms. The predicted molar refractivity (Wildman–Crippen MR) is 151 cm³/mol. The van der Waals surface area contributed by atoms with E-state index in [0.717, 1.165) is 22.6 Å². The van der Waals surface area contributed by atoms with Gasteiger partial charge in [0.1, 0.15) is 0 Å². The summed E-state index contributed by atoms with van der Waals surface area (Å²) in [6.07, 6.45) is 1.06. The van der Waals surface area contributed by atoms with E-state index in [2.05, 4.69) is 19.2 Å². The van der Waals surface area contributed by atoms with E-state index in [-0.39, 0.29) is 35.1 Å². The van der Waals surface area contributed by atoms with Crippen molar-refractivity contribution in [2.24, 2.45) is 5.41 Å². The molecule has 0 saturated heterocycles. The van der Waals surface area contributed by atoms with E-state index in [1.807, 2.05) is 47.4 Å². The molecular formula is C33H28N2O5. The van der Waals surface area contributed by atoms with Gasteiger partial charge in [-0.15, -0.1) is 0 Å². The maximum atomic E-state index is 14.0. The number of anilines is 2. The Labute approximate surface area is 232 Å². The molecule has 0 saturated carbocycles. The second kappa shape index (κ2) is 8.68. The molecule has 1 atom stereocenters. The Morgan fingerprint density at radius 1 is 0.875 bits per heavy atom. The lowest BCUT2D eigenvalue weighted by Crippen LogP contribution is -2.36. The van der Waals surface area contributed by atoms with Gasteiger partial charge in [0, 0.05) is 34.5 Å². The highest BCUT2D eigenvalue weighted by atomic mass is 16.7. The normalized spacial score (nSPS) is 20.6. The van der Waals surface area contributed by atoms with Crippen molar-refractivity contribution >= 4 is 28.7 Å². The summed E-state index contributed by atoms with van der Waals surface area (Å²) in [5.74, 6) is 0.660. The van der Waals surface area contributed by atoms with Crippen molar-refractivity contribution in [3.8, 4) is 11.5 Å². The van der Waals surface area contributed by atoms with Crippen molar-refractivity contribution in [2.45, 2.75) is 39.7 Å². The van der Waals surface area contributed by atoms with Crippen molar-refractivity contribution in [3.05, 3.63) is 106 Å². The Balaban J connectivity index is 1.52. The first-order valence-corrected chi connectivity index (χ1v) is 13.4. The maximum absolute atomic E-state index is 14.0. The van der Waals surface area contributed by atoms with Crippen LogP contribution in [-0.4, -0.2) is 24.1 Å². The van der Waals surface area contributed by atoms with Gasteiger partial charge in [-0.2, -0.15) is 0 Å². The molecule has 2 aliphatic carbocycles. The number of Topliss-reactive ketones (excluding diaryl/α,β-unsaturated/α-hetero) is 3. The zero-order valence-electron chi connectivity index (χ0n) is 22.5. The lowest BCUT2D eigenvalue weighted by Gasteiger charge is -2.38. The summed E-state index contributed by atoms with van der Waals surface area (Å²) in [6, 6.07) is 19.8. The molecule has 3 aromatic rings. The molecule has 2 heterocycles. The molecule has 7 nitrogen and oxygen atoms in total. The zero-order chi connectivity index (χ0) is 27.8. The molecule has 0 bridgehead atoms. The minimum atomic E-state index is -0.610. The van der Waals surface area contributed by atoms with Gasteiger partial charge < -0.3 is 19.7 Å². The number of carbonyl (C=O) groups is 3. The highest BCUT2D eigenvalue weighted by molar-refractivity contribution is 6.40. The van der Waals surface area contributed by atoms with Crippen LogP contribution in [0.5, 0.6) is 11.5 Å². The van der Waals surface area contributed by atoms with Gasteiger partial charge in [0.2, 0.25) is 6.79 Å². The Kier molecular flexibility index (Phi) is 5.29. The zero-order valence-corrected chi connectivity index (χ0v) is 22.5. The summed E-state index contributed by atoms with van der Waals surface area (Å²) >= 11 is 0. The first kappa shape index (κ1) is 24.4. The summed E-state index contributed by atoms with van der Waals surface area (Å²) < 4.78 is 11.3. The number of rotatable bonds is 2. The third kappa shape index (κ3) is 3.61. The highest BCUT2D eigenvalue weighted by Gasteiger charge is 2.44. The quantitative estimate of drug-likeness (QED) is 0.303. The average Bonchev–Trinajstić information content (AvgIpc) is 3.45. The van der Waals surface area contributed by atoms with Crippen molar-refractivity contribution in [2.75, 3.05) is 17.0 Å². The number of benzene rings is 3. The van der Waals surface area contributed by atoms with Crippen molar-refractivity contribution < 1.29 is 23.9 Å². The number of hydrogen-bond donors (Lipinski definition) is 1. The van der Waals surface area contributed by atoms with Crippen LogP contribution in [0.25, 0.3) is 0 Å². The molecule has 3 aromatic carbocycles. The van der Waals surface area contributed by atoms with Gasteiger partial charge in [0.25, 0.3) is 0 Å². The number of nitrogens with one attached hydrogen (secondary N) is 1. The van der Waals surface area contributed by atoms with E-state index in [1.54, 1.807) is 31.2 Å². The van der Waals surface area contributed by atoms with Crippen LogP contribution < -0.4 is 19.7 Å². The third-order valence-corrected chi connectivity index (χ3v) is 8.21. The second-order valence-electron chi connectivity index (χ2n) is 11.5. The minimum Gasteiger partial charge on any atom is -0.454 e. The largest absolute Gasteiger partial charge is 0.454 e. The first-order chi connectivity index (χ1) is 19.2. The van der Waals surface area contributed by atoms with Crippen molar-refractivity contribution in [3.63, 3.8) is 0 Å². The Hall–Kier alpha value is -4.65. The van der Waals surface area contributed by atoms with Gasteiger partial charge >= 0.3 is 0 Å². The number of para-hydroxylation sites is 2. The number of hydrogen-bond acceptors (Lipinski definition) is 7. The van der Waals surface area contributed by atoms with Crippen LogP contribution in [0.2, 0.25) is 0 Å².